The van der Waals surface area contributed by atoms with Crippen LogP contribution in [0.5, 0.6) is 0 Å². The monoisotopic (exact) mass is 294 g/mol. The highest BCUT2D eigenvalue weighted by molar-refractivity contribution is 7.16. The zero-order valence-electron chi connectivity index (χ0n) is 10.8. The molecule has 5 nitrogen and oxygen atoms in total. The van der Waals surface area contributed by atoms with E-state index in [0.29, 0.717) is 21.6 Å². The molecule has 1 aliphatic rings. The largest absolute Gasteiger partial charge is 0.297 e. The molecule has 2 aromatic heterocycles. The molecular formula is C12H14N4OS2. The van der Waals surface area contributed by atoms with Crippen molar-refractivity contribution >= 4 is 33.9 Å². The SMILES string of the molecule is Cc1nnsc1C(=O)Nc1nc2c(s1)CC(C)CC2. The zero-order valence-corrected chi connectivity index (χ0v) is 12.4. The Morgan fingerprint density at radius 3 is 3.05 bits per heavy atom. The molecule has 7 heteroatoms. The predicted octanol–water partition coefficient (Wildman–Crippen LogP) is 2.68. The van der Waals surface area contributed by atoms with Crippen LogP contribution in [-0.2, 0) is 12.8 Å². The fourth-order valence-electron chi connectivity index (χ4n) is 2.19. The molecule has 19 heavy (non-hydrogen) atoms. The molecule has 0 fully saturated rings. The van der Waals surface area contributed by atoms with Crippen LogP contribution in [0.15, 0.2) is 0 Å². The van der Waals surface area contributed by atoms with Gasteiger partial charge in [0, 0.05) is 4.88 Å². The standard InChI is InChI=1S/C12H14N4OS2/c1-6-3-4-8-9(5-6)18-12(13-8)14-11(17)10-7(2)15-16-19-10/h6H,3-5H2,1-2H3,(H,13,14,17). The van der Waals surface area contributed by atoms with E-state index in [0.717, 1.165) is 30.1 Å². The molecule has 1 N–H and O–H groups in total. The molecule has 100 valence electrons. The van der Waals surface area contributed by atoms with Crippen molar-refractivity contribution in [1.29, 1.82) is 0 Å². The van der Waals surface area contributed by atoms with Gasteiger partial charge in [0.05, 0.1) is 11.4 Å². The molecule has 0 aromatic carbocycles. The second-order valence-electron chi connectivity index (χ2n) is 4.88. The number of aromatic nitrogens is 3. The van der Waals surface area contributed by atoms with Crippen molar-refractivity contribution in [1.82, 2.24) is 14.6 Å². The van der Waals surface area contributed by atoms with Crippen LogP contribution in [0.25, 0.3) is 0 Å². The Balaban J connectivity index is 1.78. The summed E-state index contributed by atoms with van der Waals surface area (Å²) in [6.45, 7) is 4.04. The Bertz CT molecular complexity index is 619. The molecule has 0 radical (unpaired) electrons. The third-order valence-electron chi connectivity index (χ3n) is 3.26. The fraction of sp³-hybridized carbons (Fsp3) is 0.500. The lowest BCUT2D eigenvalue weighted by Gasteiger charge is -2.15. The summed E-state index contributed by atoms with van der Waals surface area (Å²) in [4.78, 5) is 18.4. The topological polar surface area (TPSA) is 67.8 Å². The van der Waals surface area contributed by atoms with Crippen LogP contribution in [0.3, 0.4) is 0 Å². The van der Waals surface area contributed by atoms with Crippen molar-refractivity contribution in [2.75, 3.05) is 5.32 Å². The maximum Gasteiger partial charge on any atom is 0.271 e. The van der Waals surface area contributed by atoms with Crippen LogP contribution < -0.4 is 5.32 Å². The van der Waals surface area contributed by atoms with E-state index in [1.807, 2.05) is 0 Å². The minimum Gasteiger partial charge on any atom is -0.297 e. The Morgan fingerprint density at radius 2 is 2.32 bits per heavy atom. The third-order valence-corrected chi connectivity index (χ3v) is 5.13. The van der Waals surface area contributed by atoms with Gasteiger partial charge in [-0.15, -0.1) is 16.4 Å². The first kappa shape index (κ1) is 12.7. The van der Waals surface area contributed by atoms with Gasteiger partial charge in [-0.3, -0.25) is 10.1 Å². The number of hydrogen-bond donors (Lipinski definition) is 1. The summed E-state index contributed by atoms with van der Waals surface area (Å²) in [6, 6.07) is 0. The van der Waals surface area contributed by atoms with Crippen molar-refractivity contribution in [3.05, 3.63) is 21.1 Å². The van der Waals surface area contributed by atoms with Gasteiger partial charge >= 0.3 is 0 Å². The molecule has 0 saturated carbocycles. The number of hydrogen-bond acceptors (Lipinski definition) is 6. The predicted molar refractivity (Wildman–Crippen MR) is 75.9 cm³/mol. The molecule has 0 bridgehead atoms. The second-order valence-corrected chi connectivity index (χ2v) is 6.72. The quantitative estimate of drug-likeness (QED) is 0.924. The van der Waals surface area contributed by atoms with E-state index in [1.54, 1.807) is 18.3 Å². The van der Waals surface area contributed by atoms with Crippen molar-refractivity contribution in [2.45, 2.75) is 33.1 Å². The van der Waals surface area contributed by atoms with E-state index in [9.17, 15) is 4.79 Å². The number of carbonyl (C=O) groups is 1. The van der Waals surface area contributed by atoms with Crippen LogP contribution in [0.2, 0.25) is 0 Å². The van der Waals surface area contributed by atoms with Crippen molar-refractivity contribution in [3.63, 3.8) is 0 Å². The van der Waals surface area contributed by atoms with Crippen LogP contribution >= 0.6 is 22.9 Å². The average Bonchev–Trinajstić information content (AvgIpc) is 2.94. The van der Waals surface area contributed by atoms with Gasteiger partial charge < -0.3 is 0 Å². The van der Waals surface area contributed by atoms with Crippen molar-refractivity contribution in [3.8, 4) is 0 Å². The van der Waals surface area contributed by atoms with E-state index in [-0.39, 0.29) is 5.91 Å². The minimum atomic E-state index is -0.161. The number of rotatable bonds is 2. The lowest BCUT2D eigenvalue weighted by molar-refractivity contribution is 0.103. The van der Waals surface area contributed by atoms with E-state index in [4.69, 9.17) is 0 Å². The minimum absolute atomic E-state index is 0.161. The maximum atomic E-state index is 12.1. The molecular weight excluding hydrogens is 280 g/mol. The summed E-state index contributed by atoms with van der Waals surface area (Å²) in [5, 5.41) is 7.39. The average molecular weight is 294 g/mol. The third kappa shape index (κ3) is 2.52. The van der Waals surface area contributed by atoms with E-state index in [1.165, 1.54) is 11.3 Å². The summed E-state index contributed by atoms with van der Waals surface area (Å²) in [5.41, 5.74) is 1.81. The first-order chi connectivity index (χ1) is 9.13. The first-order valence-corrected chi connectivity index (χ1v) is 7.81. The summed E-state index contributed by atoms with van der Waals surface area (Å²) >= 11 is 2.71. The Kier molecular flexibility index (Phi) is 3.32. The molecule has 1 aliphatic carbocycles. The number of nitrogens with zero attached hydrogens (tertiary/aromatic N) is 3. The number of anilines is 1. The molecule has 1 atom stereocenters. The number of aryl methyl sites for hydroxylation is 2. The lowest BCUT2D eigenvalue weighted by atomic mass is 9.93. The van der Waals surface area contributed by atoms with Crippen LogP contribution in [0, 0.1) is 12.8 Å². The van der Waals surface area contributed by atoms with Gasteiger partial charge in [-0.05, 0) is 43.6 Å². The van der Waals surface area contributed by atoms with Crippen LogP contribution in [0.4, 0.5) is 5.13 Å². The molecule has 2 aromatic rings. The summed E-state index contributed by atoms with van der Waals surface area (Å²) in [5.74, 6) is 0.552. The number of fused-ring (bicyclic) bond motifs is 1. The first-order valence-electron chi connectivity index (χ1n) is 6.22. The molecule has 1 amide bonds. The van der Waals surface area contributed by atoms with Gasteiger partial charge in [-0.2, -0.15) is 0 Å². The molecule has 3 rings (SSSR count). The van der Waals surface area contributed by atoms with Crippen molar-refractivity contribution < 1.29 is 4.79 Å². The highest BCUT2D eigenvalue weighted by atomic mass is 32.1. The summed E-state index contributed by atoms with van der Waals surface area (Å²) in [7, 11) is 0. The van der Waals surface area contributed by atoms with E-state index < -0.39 is 0 Å². The van der Waals surface area contributed by atoms with Gasteiger partial charge in [-0.1, -0.05) is 11.4 Å². The molecule has 0 saturated heterocycles. The zero-order chi connectivity index (χ0) is 13.4. The van der Waals surface area contributed by atoms with E-state index >= 15 is 0 Å². The lowest BCUT2D eigenvalue weighted by Crippen LogP contribution is -2.11. The smallest absolute Gasteiger partial charge is 0.271 e. The number of thiazole rings is 1. The number of carbonyl (C=O) groups excluding carboxylic acids is 1. The maximum absolute atomic E-state index is 12.1. The van der Waals surface area contributed by atoms with Gasteiger partial charge in [-0.25, -0.2) is 4.98 Å². The van der Waals surface area contributed by atoms with Gasteiger partial charge in [0.2, 0.25) is 0 Å². The molecule has 0 spiro atoms. The summed E-state index contributed by atoms with van der Waals surface area (Å²) < 4.78 is 3.77. The van der Waals surface area contributed by atoms with Crippen LogP contribution in [0.1, 0.15) is 39.3 Å². The fourth-order valence-corrected chi connectivity index (χ4v) is 3.91. The molecule has 0 aliphatic heterocycles. The normalized spacial score (nSPS) is 18.1. The number of amides is 1. The summed E-state index contributed by atoms with van der Waals surface area (Å²) in [6.07, 6.45) is 3.27. The number of nitrogens with one attached hydrogen (secondary N) is 1. The van der Waals surface area contributed by atoms with E-state index in [2.05, 4.69) is 26.8 Å². The van der Waals surface area contributed by atoms with Crippen molar-refractivity contribution in [2.24, 2.45) is 5.92 Å². The van der Waals surface area contributed by atoms with Crippen LogP contribution in [-0.4, -0.2) is 20.5 Å². The van der Waals surface area contributed by atoms with Gasteiger partial charge in [0.1, 0.15) is 4.88 Å². The highest BCUT2D eigenvalue weighted by Crippen LogP contribution is 2.32. The van der Waals surface area contributed by atoms with Gasteiger partial charge in [0.25, 0.3) is 5.91 Å². The highest BCUT2D eigenvalue weighted by Gasteiger charge is 2.21. The molecule has 2 heterocycles. The Morgan fingerprint density at radius 1 is 1.47 bits per heavy atom. The van der Waals surface area contributed by atoms with Gasteiger partial charge in [0.15, 0.2) is 5.13 Å². The Labute approximate surface area is 119 Å². The second kappa shape index (κ2) is 4.97. The Hall–Kier alpha value is -1.34. The molecule has 1 unspecified atom stereocenters.